The van der Waals surface area contributed by atoms with Gasteiger partial charge in [0, 0.05) is 37.6 Å². The monoisotopic (exact) mass is 442 g/mol. The van der Waals surface area contributed by atoms with Crippen LogP contribution in [0.5, 0.6) is 0 Å². The number of likely N-dealkylation sites (tertiary alicyclic amines) is 1. The number of halogens is 2. The topological polar surface area (TPSA) is 55.9 Å². The number of nitrogens with one attached hydrogen (secondary N) is 1. The molecule has 1 N–H and O–H groups in total. The van der Waals surface area contributed by atoms with Crippen molar-refractivity contribution in [3.8, 4) is 0 Å². The van der Waals surface area contributed by atoms with E-state index in [1.165, 1.54) is 0 Å². The van der Waals surface area contributed by atoms with Crippen LogP contribution < -0.4 is 5.32 Å². The molecule has 0 aromatic heterocycles. The molecule has 4 rings (SSSR count). The van der Waals surface area contributed by atoms with Crippen LogP contribution in [-0.4, -0.2) is 88.5 Å². The number of carbonyl (C=O) groups excluding carboxylic acids is 2. The van der Waals surface area contributed by atoms with Gasteiger partial charge in [-0.1, -0.05) is 0 Å². The van der Waals surface area contributed by atoms with Gasteiger partial charge in [0.25, 0.3) is 5.91 Å². The van der Waals surface area contributed by atoms with Crippen molar-refractivity contribution in [1.82, 2.24) is 20.0 Å². The first-order valence-electron chi connectivity index (χ1n) is 11.7. The highest BCUT2D eigenvalue weighted by molar-refractivity contribution is 6.20. The number of nitrogens with zero attached hydrogens (tertiary/aromatic N) is 3. The molecule has 8 heteroatoms. The zero-order chi connectivity index (χ0) is 21.5. The maximum atomic E-state index is 13.7. The van der Waals surface area contributed by atoms with Crippen LogP contribution in [0.4, 0.5) is 4.39 Å². The average Bonchev–Trinajstić information content (AvgIpc) is 3.16. The SMILES string of the molecule is CC(C)N1CC(=O)N(CC2CCC(Cl)CC2)C2(CCN(C3CCC(F)CN3)C2)C1=O. The van der Waals surface area contributed by atoms with Gasteiger partial charge in [-0.15, -0.1) is 11.6 Å². The minimum Gasteiger partial charge on any atom is -0.329 e. The van der Waals surface area contributed by atoms with Crippen LogP contribution in [-0.2, 0) is 9.59 Å². The molecule has 0 bridgehead atoms. The molecule has 0 aromatic rings. The van der Waals surface area contributed by atoms with Crippen molar-refractivity contribution in [2.75, 3.05) is 32.7 Å². The zero-order valence-corrected chi connectivity index (χ0v) is 19.0. The van der Waals surface area contributed by atoms with E-state index < -0.39 is 11.7 Å². The fourth-order valence-electron chi connectivity index (χ4n) is 5.78. The van der Waals surface area contributed by atoms with E-state index in [-0.39, 0.29) is 35.9 Å². The van der Waals surface area contributed by atoms with Crippen LogP contribution in [0.3, 0.4) is 0 Å². The molecule has 0 aromatic carbocycles. The Hall–Kier alpha value is -0.920. The average molecular weight is 443 g/mol. The summed E-state index contributed by atoms with van der Waals surface area (Å²) in [5.74, 6) is 0.566. The number of hydrogen-bond donors (Lipinski definition) is 1. The first-order chi connectivity index (χ1) is 14.3. The normalized spacial score (nSPS) is 38.8. The number of piperazine rings is 1. The van der Waals surface area contributed by atoms with Gasteiger partial charge in [-0.05, 0) is 64.7 Å². The Kier molecular flexibility index (Phi) is 6.62. The smallest absolute Gasteiger partial charge is 0.250 e. The van der Waals surface area contributed by atoms with Gasteiger partial charge in [-0.25, -0.2) is 4.39 Å². The fraction of sp³-hybridized carbons (Fsp3) is 0.909. The van der Waals surface area contributed by atoms with Gasteiger partial charge < -0.3 is 9.80 Å². The van der Waals surface area contributed by atoms with E-state index in [0.29, 0.717) is 38.4 Å². The predicted octanol–water partition coefficient (Wildman–Crippen LogP) is 2.36. The lowest BCUT2D eigenvalue weighted by molar-refractivity contribution is -0.167. The minimum atomic E-state index is -0.791. The molecule has 30 heavy (non-hydrogen) atoms. The first-order valence-corrected chi connectivity index (χ1v) is 12.1. The quantitative estimate of drug-likeness (QED) is 0.679. The largest absolute Gasteiger partial charge is 0.329 e. The van der Waals surface area contributed by atoms with Crippen LogP contribution in [0.15, 0.2) is 0 Å². The highest BCUT2D eigenvalue weighted by atomic mass is 35.5. The summed E-state index contributed by atoms with van der Waals surface area (Å²) >= 11 is 6.28. The molecule has 3 unspecified atom stereocenters. The summed E-state index contributed by atoms with van der Waals surface area (Å²) in [7, 11) is 0. The van der Waals surface area contributed by atoms with Crippen LogP contribution in [0.1, 0.15) is 58.8 Å². The number of alkyl halides is 2. The predicted molar refractivity (Wildman–Crippen MR) is 115 cm³/mol. The van der Waals surface area contributed by atoms with Crippen molar-refractivity contribution < 1.29 is 14.0 Å². The van der Waals surface area contributed by atoms with Gasteiger partial charge in [-0.2, -0.15) is 0 Å². The maximum absolute atomic E-state index is 13.7. The number of rotatable bonds is 4. The molecule has 3 aliphatic heterocycles. The number of piperidine rings is 1. The molecule has 2 amide bonds. The van der Waals surface area contributed by atoms with Crippen LogP contribution in [0.25, 0.3) is 0 Å². The molecule has 3 heterocycles. The van der Waals surface area contributed by atoms with Crippen molar-refractivity contribution in [3.05, 3.63) is 0 Å². The Balaban J connectivity index is 1.55. The highest BCUT2D eigenvalue weighted by Gasteiger charge is 2.57. The lowest BCUT2D eigenvalue weighted by Crippen LogP contribution is -2.71. The van der Waals surface area contributed by atoms with Crippen LogP contribution >= 0.6 is 11.6 Å². The van der Waals surface area contributed by atoms with Crippen molar-refractivity contribution in [1.29, 1.82) is 0 Å². The number of carbonyl (C=O) groups is 2. The van der Waals surface area contributed by atoms with E-state index in [0.717, 1.165) is 38.6 Å². The second-order valence-corrected chi connectivity index (χ2v) is 10.6. The van der Waals surface area contributed by atoms with E-state index in [2.05, 4.69) is 10.2 Å². The second kappa shape index (κ2) is 8.91. The highest BCUT2D eigenvalue weighted by Crippen LogP contribution is 2.38. The fourth-order valence-corrected chi connectivity index (χ4v) is 6.03. The van der Waals surface area contributed by atoms with E-state index in [1.54, 1.807) is 4.90 Å². The van der Waals surface area contributed by atoms with Gasteiger partial charge >= 0.3 is 0 Å². The van der Waals surface area contributed by atoms with Crippen molar-refractivity contribution >= 4 is 23.4 Å². The molecule has 1 spiro atoms. The molecule has 1 aliphatic carbocycles. The zero-order valence-electron chi connectivity index (χ0n) is 18.3. The van der Waals surface area contributed by atoms with E-state index in [1.807, 2.05) is 18.7 Å². The van der Waals surface area contributed by atoms with Crippen molar-refractivity contribution in [2.24, 2.45) is 5.92 Å². The summed E-state index contributed by atoms with van der Waals surface area (Å²) in [6, 6.07) is 0.00122. The molecule has 1 saturated carbocycles. The molecule has 170 valence electrons. The molecule has 4 aliphatic rings. The van der Waals surface area contributed by atoms with Crippen LogP contribution in [0, 0.1) is 5.92 Å². The second-order valence-electron chi connectivity index (χ2n) is 10.00. The molecular formula is C22H36ClFN4O2. The summed E-state index contributed by atoms with van der Waals surface area (Å²) < 4.78 is 13.6. The molecule has 3 saturated heterocycles. The third kappa shape index (κ3) is 4.22. The molecule has 0 radical (unpaired) electrons. The molecule has 6 nitrogen and oxygen atoms in total. The summed E-state index contributed by atoms with van der Waals surface area (Å²) in [5.41, 5.74) is -0.786. The lowest BCUT2D eigenvalue weighted by Gasteiger charge is -2.50. The lowest BCUT2D eigenvalue weighted by atomic mass is 9.84. The third-order valence-electron chi connectivity index (χ3n) is 7.67. The molecule has 4 fully saturated rings. The minimum absolute atomic E-state index is 0.00122. The van der Waals surface area contributed by atoms with Gasteiger partial charge in [-0.3, -0.25) is 19.8 Å². The van der Waals surface area contributed by atoms with Crippen molar-refractivity contribution in [2.45, 2.75) is 88.1 Å². The summed E-state index contributed by atoms with van der Waals surface area (Å²) in [4.78, 5) is 33.0. The first kappa shape index (κ1) is 22.3. The Morgan fingerprint density at radius 1 is 1.17 bits per heavy atom. The Morgan fingerprint density at radius 3 is 2.53 bits per heavy atom. The van der Waals surface area contributed by atoms with E-state index in [9.17, 15) is 14.0 Å². The Bertz CT molecular complexity index is 649. The Labute approximate surface area is 184 Å². The molecule has 3 atom stereocenters. The number of amides is 2. The standard InChI is InChI=1S/C22H36ClFN4O2/c1-15(2)27-13-20(29)28(12-16-3-5-17(23)6-4-16)22(21(27)30)9-10-26(14-22)19-8-7-18(24)11-25-19/h15-19,25H,3-14H2,1-2H3. The summed E-state index contributed by atoms with van der Waals surface area (Å²) in [6.45, 7) is 6.45. The van der Waals surface area contributed by atoms with Crippen LogP contribution in [0.2, 0.25) is 0 Å². The summed E-state index contributed by atoms with van der Waals surface area (Å²) in [6.07, 6.45) is 5.24. The van der Waals surface area contributed by atoms with Crippen molar-refractivity contribution in [3.63, 3.8) is 0 Å². The van der Waals surface area contributed by atoms with E-state index >= 15 is 0 Å². The van der Waals surface area contributed by atoms with Gasteiger partial charge in [0.05, 0.1) is 6.17 Å². The van der Waals surface area contributed by atoms with Gasteiger partial charge in [0.15, 0.2) is 0 Å². The van der Waals surface area contributed by atoms with Gasteiger partial charge in [0.1, 0.15) is 18.3 Å². The summed E-state index contributed by atoms with van der Waals surface area (Å²) in [5, 5.41) is 3.54. The Morgan fingerprint density at radius 2 is 1.90 bits per heavy atom. The number of hydrogen-bond acceptors (Lipinski definition) is 4. The van der Waals surface area contributed by atoms with Gasteiger partial charge in [0.2, 0.25) is 5.91 Å². The molecular weight excluding hydrogens is 407 g/mol. The van der Waals surface area contributed by atoms with E-state index in [4.69, 9.17) is 11.6 Å². The maximum Gasteiger partial charge on any atom is 0.250 e. The third-order valence-corrected chi connectivity index (χ3v) is 8.11.